The van der Waals surface area contributed by atoms with E-state index >= 15 is 0 Å². The molecule has 3 aromatic rings. The maximum absolute atomic E-state index is 12.7. The van der Waals surface area contributed by atoms with Crippen LogP contribution in [0.3, 0.4) is 0 Å². The van der Waals surface area contributed by atoms with Crippen molar-refractivity contribution in [3.8, 4) is 28.5 Å². The predicted molar refractivity (Wildman–Crippen MR) is 131 cm³/mol. The summed E-state index contributed by atoms with van der Waals surface area (Å²) in [5.74, 6) is 2.51. The Hall–Kier alpha value is -3.81. The average Bonchev–Trinajstić information content (AvgIpc) is 2.87. The summed E-state index contributed by atoms with van der Waals surface area (Å²) in [7, 11) is 3.15. The van der Waals surface area contributed by atoms with Gasteiger partial charge in [-0.1, -0.05) is 23.8 Å². The third-order valence-electron chi connectivity index (χ3n) is 5.95. The lowest BCUT2D eigenvalue weighted by atomic mass is 10.0. The van der Waals surface area contributed by atoms with Gasteiger partial charge in [-0.3, -0.25) is 4.79 Å². The zero-order chi connectivity index (χ0) is 24.1. The topological polar surface area (TPSA) is 77.0 Å². The molecule has 0 saturated carbocycles. The Morgan fingerprint density at radius 1 is 0.853 bits per heavy atom. The molecule has 0 atom stereocenters. The highest BCUT2D eigenvalue weighted by atomic mass is 16.5. The monoisotopic (exact) mass is 462 g/mol. The molecule has 1 aliphatic heterocycles. The van der Waals surface area contributed by atoms with Gasteiger partial charge < -0.3 is 24.0 Å². The Bertz CT molecular complexity index is 1120. The minimum Gasteiger partial charge on any atom is -0.496 e. The van der Waals surface area contributed by atoms with Crippen molar-refractivity contribution in [2.45, 2.75) is 13.8 Å². The molecule has 8 nitrogen and oxygen atoms in total. The molecule has 8 heteroatoms. The highest BCUT2D eigenvalue weighted by Crippen LogP contribution is 2.27. The number of aryl methyl sites for hydroxylation is 2. The van der Waals surface area contributed by atoms with Crippen LogP contribution >= 0.6 is 0 Å². The van der Waals surface area contributed by atoms with Gasteiger partial charge in [0.1, 0.15) is 17.2 Å². The van der Waals surface area contributed by atoms with Crippen molar-refractivity contribution in [2.24, 2.45) is 0 Å². The normalized spacial score (nSPS) is 13.5. The van der Waals surface area contributed by atoms with Gasteiger partial charge in [-0.25, -0.2) is 0 Å². The summed E-state index contributed by atoms with van der Waals surface area (Å²) in [6, 6.07) is 15.5. The van der Waals surface area contributed by atoms with Gasteiger partial charge in [-0.15, -0.1) is 10.2 Å². The van der Waals surface area contributed by atoms with E-state index in [1.807, 2.05) is 17.0 Å². The smallest absolute Gasteiger partial charge is 0.260 e. The molecular formula is C26H30N4O4. The number of anilines is 1. The molecule has 0 aliphatic carbocycles. The van der Waals surface area contributed by atoms with E-state index in [1.165, 1.54) is 11.1 Å². The lowest BCUT2D eigenvalue weighted by molar-refractivity contribution is -0.133. The third kappa shape index (κ3) is 5.39. The Labute approximate surface area is 200 Å². The average molecular weight is 463 g/mol. The van der Waals surface area contributed by atoms with Crippen LogP contribution in [-0.2, 0) is 4.79 Å². The molecule has 1 aliphatic rings. The molecule has 1 amide bonds. The quantitative estimate of drug-likeness (QED) is 0.532. The van der Waals surface area contributed by atoms with Gasteiger partial charge in [0.25, 0.3) is 5.91 Å². The number of ether oxygens (including phenoxy) is 3. The Kier molecular flexibility index (Phi) is 7.15. The maximum atomic E-state index is 12.7. The van der Waals surface area contributed by atoms with Gasteiger partial charge in [0.05, 0.1) is 19.9 Å². The maximum Gasteiger partial charge on any atom is 0.260 e. The fourth-order valence-corrected chi connectivity index (χ4v) is 4.02. The van der Waals surface area contributed by atoms with E-state index in [9.17, 15) is 4.79 Å². The molecule has 1 saturated heterocycles. The number of hydrogen-bond acceptors (Lipinski definition) is 7. The summed E-state index contributed by atoms with van der Waals surface area (Å²) in [5.41, 5.74) is 4.37. The van der Waals surface area contributed by atoms with Crippen molar-refractivity contribution in [2.75, 3.05) is 51.9 Å². The molecule has 178 valence electrons. The number of carbonyl (C=O) groups is 1. The van der Waals surface area contributed by atoms with E-state index in [-0.39, 0.29) is 12.5 Å². The summed E-state index contributed by atoms with van der Waals surface area (Å²) in [6.07, 6.45) is 0. The SMILES string of the molecule is COc1cc(OC)cc(OCC(=O)N2CCN(c3ccc(-c4ccc(C)cc4C)nn3)CC2)c1. The van der Waals surface area contributed by atoms with Crippen molar-refractivity contribution in [3.05, 3.63) is 59.7 Å². The van der Waals surface area contributed by atoms with Crippen LogP contribution in [0.1, 0.15) is 11.1 Å². The number of nitrogens with zero attached hydrogens (tertiary/aromatic N) is 4. The molecule has 0 bridgehead atoms. The molecule has 0 spiro atoms. The summed E-state index contributed by atoms with van der Waals surface area (Å²) in [6.45, 7) is 6.71. The molecule has 2 aromatic carbocycles. The number of methoxy groups -OCH3 is 2. The minimum atomic E-state index is -0.0577. The van der Waals surface area contributed by atoms with Crippen molar-refractivity contribution in [3.63, 3.8) is 0 Å². The highest BCUT2D eigenvalue weighted by molar-refractivity contribution is 5.78. The highest BCUT2D eigenvalue weighted by Gasteiger charge is 2.22. The van der Waals surface area contributed by atoms with Crippen LogP contribution in [0.2, 0.25) is 0 Å². The first-order chi connectivity index (χ1) is 16.5. The number of amides is 1. The number of aromatic nitrogens is 2. The van der Waals surface area contributed by atoms with Crippen LogP contribution in [0, 0.1) is 13.8 Å². The third-order valence-corrected chi connectivity index (χ3v) is 5.95. The van der Waals surface area contributed by atoms with Crippen LogP contribution in [0.4, 0.5) is 5.82 Å². The van der Waals surface area contributed by atoms with Crippen LogP contribution in [0.15, 0.2) is 48.5 Å². The van der Waals surface area contributed by atoms with Gasteiger partial charge >= 0.3 is 0 Å². The summed E-state index contributed by atoms with van der Waals surface area (Å²) < 4.78 is 16.2. The zero-order valence-electron chi connectivity index (χ0n) is 20.1. The van der Waals surface area contributed by atoms with E-state index in [0.29, 0.717) is 43.4 Å². The summed E-state index contributed by atoms with van der Waals surface area (Å²) in [4.78, 5) is 16.6. The lowest BCUT2D eigenvalue weighted by Gasteiger charge is -2.35. The van der Waals surface area contributed by atoms with Crippen LogP contribution in [0.5, 0.6) is 17.2 Å². The summed E-state index contributed by atoms with van der Waals surface area (Å²) >= 11 is 0. The summed E-state index contributed by atoms with van der Waals surface area (Å²) in [5, 5.41) is 8.89. The molecule has 34 heavy (non-hydrogen) atoms. The molecule has 2 heterocycles. The number of hydrogen-bond donors (Lipinski definition) is 0. The standard InChI is InChI=1S/C26H30N4O4/c1-18-5-6-23(19(2)13-18)24-7-8-25(28-27-24)29-9-11-30(12-10-29)26(31)17-34-22-15-20(32-3)14-21(16-22)33-4/h5-8,13-16H,9-12,17H2,1-4H3. The van der Waals surface area contributed by atoms with Gasteiger partial charge in [0.2, 0.25) is 0 Å². The Morgan fingerprint density at radius 3 is 2.12 bits per heavy atom. The second-order valence-electron chi connectivity index (χ2n) is 8.30. The molecule has 1 fully saturated rings. The second-order valence-corrected chi connectivity index (χ2v) is 8.30. The first-order valence-corrected chi connectivity index (χ1v) is 11.3. The number of benzene rings is 2. The van der Waals surface area contributed by atoms with Crippen LogP contribution in [-0.4, -0.2) is 68.0 Å². The van der Waals surface area contributed by atoms with Gasteiger partial charge in [-0.05, 0) is 31.5 Å². The van der Waals surface area contributed by atoms with E-state index < -0.39 is 0 Å². The molecule has 4 rings (SSSR count). The van der Waals surface area contributed by atoms with Crippen molar-refractivity contribution in [1.82, 2.24) is 15.1 Å². The number of carbonyl (C=O) groups excluding carboxylic acids is 1. The van der Waals surface area contributed by atoms with Gasteiger partial charge in [0.15, 0.2) is 12.4 Å². The number of piperazine rings is 1. The first-order valence-electron chi connectivity index (χ1n) is 11.3. The van der Waals surface area contributed by atoms with Gasteiger partial charge in [-0.2, -0.15) is 0 Å². The van der Waals surface area contributed by atoms with E-state index in [1.54, 1.807) is 32.4 Å². The fraction of sp³-hybridized carbons (Fsp3) is 0.346. The van der Waals surface area contributed by atoms with E-state index in [0.717, 1.165) is 17.1 Å². The molecular weight excluding hydrogens is 432 g/mol. The molecule has 0 N–H and O–H groups in total. The number of rotatable bonds is 7. The van der Waals surface area contributed by atoms with Crippen LogP contribution in [0.25, 0.3) is 11.3 Å². The molecule has 1 aromatic heterocycles. The fourth-order valence-electron chi connectivity index (χ4n) is 4.02. The van der Waals surface area contributed by atoms with E-state index in [2.05, 4.69) is 47.1 Å². The van der Waals surface area contributed by atoms with E-state index in [4.69, 9.17) is 14.2 Å². The predicted octanol–water partition coefficient (Wildman–Crippen LogP) is 3.51. The Balaban J connectivity index is 1.31. The Morgan fingerprint density at radius 2 is 1.53 bits per heavy atom. The van der Waals surface area contributed by atoms with Crippen LogP contribution < -0.4 is 19.1 Å². The molecule has 0 radical (unpaired) electrons. The van der Waals surface area contributed by atoms with Crippen molar-refractivity contribution >= 4 is 11.7 Å². The van der Waals surface area contributed by atoms with Crippen molar-refractivity contribution < 1.29 is 19.0 Å². The lowest BCUT2D eigenvalue weighted by Crippen LogP contribution is -2.50. The zero-order valence-corrected chi connectivity index (χ0v) is 20.1. The van der Waals surface area contributed by atoms with Crippen molar-refractivity contribution in [1.29, 1.82) is 0 Å². The molecule has 0 unspecified atom stereocenters. The largest absolute Gasteiger partial charge is 0.496 e. The van der Waals surface area contributed by atoms with Gasteiger partial charge in [0, 0.05) is 49.9 Å². The first kappa shape index (κ1) is 23.4. The second kappa shape index (κ2) is 10.4. The minimum absolute atomic E-state index is 0.0409.